The molecule has 0 aromatic heterocycles. The van der Waals surface area contributed by atoms with Crippen molar-refractivity contribution in [1.29, 1.82) is 0 Å². The first-order valence-corrected chi connectivity index (χ1v) is 7.47. The monoisotopic (exact) mass is 320 g/mol. The first kappa shape index (κ1) is 15.7. The van der Waals surface area contributed by atoms with Crippen LogP contribution in [0, 0.1) is 0 Å². The van der Waals surface area contributed by atoms with Gasteiger partial charge in [-0.2, -0.15) is 0 Å². The molecule has 0 N–H and O–H groups in total. The lowest BCUT2D eigenvalue weighted by Gasteiger charge is -2.09. The molecule has 0 saturated heterocycles. The third-order valence-electron chi connectivity index (χ3n) is 3.60. The molecule has 0 fully saturated rings. The van der Waals surface area contributed by atoms with Crippen LogP contribution in [0.2, 0.25) is 0 Å². The Labute approximate surface area is 139 Å². The second kappa shape index (κ2) is 6.16. The van der Waals surface area contributed by atoms with Crippen LogP contribution in [0.15, 0.2) is 60.7 Å². The minimum absolute atomic E-state index is 0.348. The largest absolute Gasteiger partial charge is 0.427 e. The molecule has 0 amide bonds. The number of benzene rings is 3. The van der Waals surface area contributed by atoms with Gasteiger partial charge in [-0.05, 0) is 52.7 Å². The highest BCUT2D eigenvalue weighted by Crippen LogP contribution is 2.30. The normalized spacial score (nSPS) is 10.6. The average molecular weight is 320 g/mol. The van der Waals surface area contributed by atoms with Crippen LogP contribution in [-0.4, -0.2) is 11.9 Å². The van der Waals surface area contributed by atoms with Crippen LogP contribution in [0.25, 0.3) is 21.5 Å². The van der Waals surface area contributed by atoms with E-state index >= 15 is 0 Å². The molecule has 0 aliphatic rings. The lowest BCUT2D eigenvalue weighted by Crippen LogP contribution is -2.07. The zero-order chi connectivity index (χ0) is 17.3. The molecule has 0 atom stereocenters. The molecule has 0 aliphatic carbocycles. The molecular formula is C20H16O4. The SMILES string of the molecule is C=C(C)C(=O)Oc1ccc2c(ccc3cc(OC(C)=O)ccc32)c1. The van der Waals surface area contributed by atoms with E-state index in [1.807, 2.05) is 36.4 Å². The van der Waals surface area contributed by atoms with Crippen molar-refractivity contribution in [2.24, 2.45) is 0 Å². The summed E-state index contributed by atoms with van der Waals surface area (Å²) in [4.78, 5) is 22.7. The minimum Gasteiger partial charge on any atom is -0.427 e. The van der Waals surface area contributed by atoms with Crippen molar-refractivity contribution >= 4 is 33.5 Å². The van der Waals surface area contributed by atoms with Crippen molar-refractivity contribution in [2.75, 3.05) is 0 Å². The van der Waals surface area contributed by atoms with Crippen LogP contribution >= 0.6 is 0 Å². The predicted octanol–water partition coefficient (Wildman–Crippen LogP) is 4.40. The van der Waals surface area contributed by atoms with Gasteiger partial charge in [-0.1, -0.05) is 30.8 Å². The molecule has 120 valence electrons. The third kappa shape index (κ3) is 3.13. The Hall–Kier alpha value is -3.14. The molecule has 3 aromatic carbocycles. The standard InChI is InChI=1S/C20H16O4/c1-12(2)20(22)24-17-7-9-19-15(11-17)5-4-14-10-16(23-13(3)21)6-8-18(14)19/h4-11H,1H2,2-3H3. The van der Waals surface area contributed by atoms with Gasteiger partial charge in [-0.25, -0.2) is 4.79 Å². The lowest BCUT2D eigenvalue weighted by molar-refractivity contribution is -0.132. The highest BCUT2D eigenvalue weighted by atomic mass is 16.5. The zero-order valence-corrected chi connectivity index (χ0v) is 13.5. The summed E-state index contributed by atoms with van der Waals surface area (Å²) < 4.78 is 10.4. The van der Waals surface area contributed by atoms with Gasteiger partial charge in [0.2, 0.25) is 0 Å². The van der Waals surface area contributed by atoms with Gasteiger partial charge in [0, 0.05) is 12.5 Å². The summed E-state index contributed by atoms with van der Waals surface area (Å²) in [5.41, 5.74) is 0.353. The van der Waals surface area contributed by atoms with E-state index in [2.05, 4.69) is 6.58 Å². The van der Waals surface area contributed by atoms with E-state index < -0.39 is 5.97 Å². The molecule has 3 aromatic rings. The van der Waals surface area contributed by atoms with Crippen molar-refractivity contribution in [3.63, 3.8) is 0 Å². The lowest BCUT2D eigenvalue weighted by atomic mass is 10.0. The third-order valence-corrected chi connectivity index (χ3v) is 3.60. The molecule has 4 nitrogen and oxygen atoms in total. The van der Waals surface area contributed by atoms with Crippen LogP contribution in [-0.2, 0) is 9.59 Å². The van der Waals surface area contributed by atoms with E-state index in [1.54, 1.807) is 19.1 Å². The van der Waals surface area contributed by atoms with Crippen LogP contribution in [0.3, 0.4) is 0 Å². The van der Waals surface area contributed by atoms with Crippen LogP contribution in [0.5, 0.6) is 11.5 Å². The van der Waals surface area contributed by atoms with Crippen LogP contribution in [0.4, 0.5) is 0 Å². The maximum Gasteiger partial charge on any atom is 0.338 e. The van der Waals surface area contributed by atoms with Gasteiger partial charge >= 0.3 is 11.9 Å². The fraction of sp³-hybridized carbons (Fsp3) is 0.100. The maximum absolute atomic E-state index is 11.6. The second-order valence-corrected chi connectivity index (χ2v) is 5.59. The summed E-state index contributed by atoms with van der Waals surface area (Å²) in [6, 6.07) is 14.9. The smallest absolute Gasteiger partial charge is 0.338 e. The van der Waals surface area contributed by atoms with Gasteiger partial charge in [0.25, 0.3) is 0 Å². The van der Waals surface area contributed by atoms with Gasteiger partial charge in [0.15, 0.2) is 0 Å². The van der Waals surface area contributed by atoms with Crippen molar-refractivity contribution in [3.8, 4) is 11.5 Å². The molecule has 0 unspecified atom stereocenters. The molecule has 0 aliphatic heterocycles. The van der Waals surface area contributed by atoms with Gasteiger partial charge in [0.1, 0.15) is 11.5 Å². The predicted molar refractivity (Wildman–Crippen MR) is 93.2 cm³/mol. The molecule has 0 saturated carbocycles. The molecule has 0 radical (unpaired) electrons. The molecule has 0 bridgehead atoms. The quantitative estimate of drug-likeness (QED) is 0.311. The Morgan fingerprint density at radius 1 is 0.792 bits per heavy atom. The Morgan fingerprint density at radius 2 is 1.29 bits per heavy atom. The highest BCUT2D eigenvalue weighted by Gasteiger charge is 2.08. The van der Waals surface area contributed by atoms with E-state index in [0.29, 0.717) is 17.1 Å². The number of rotatable bonds is 3. The van der Waals surface area contributed by atoms with Crippen molar-refractivity contribution in [2.45, 2.75) is 13.8 Å². The van der Waals surface area contributed by atoms with E-state index in [1.165, 1.54) is 6.92 Å². The van der Waals surface area contributed by atoms with Crippen molar-refractivity contribution < 1.29 is 19.1 Å². The summed E-state index contributed by atoms with van der Waals surface area (Å²) in [5, 5.41) is 3.97. The number of hydrogen-bond donors (Lipinski definition) is 0. The summed E-state index contributed by atoms with van der Waals surface area (Å²) in [5.74, 6) is 0.202. The maximum atomic E-state index is 11.6. The number of fused-ring (bicyclic) bond motifs is 3. The molecule has 0 spiro atoms. The summed E-state index contributed by atoms with van der Waals surface area (Å²) >= 11 is 0. The van der Waals surface area contributed by atoms with E-state index in [-0.39, 0.29) is 5.97 Å². The van der Waals surface area contributed by atoms with Crippen LogP contribution in [0.1, 0.15) is 13.8 Å². The van der Waals surface area contributed by atoms with Gasteiger partial charge in [0.05, 0.1) is 0 Å². The Morgan fingerprint density at radius 3 is 1.75 bits per heavy atom. The summed E-state index contributed by atoms with van der Waals surface area (Å²) in [7, 11) is 0. The Balaban J connectivity index is 2.03. The van der Waals surface area contributed by atoms with Gasteiger partial charge in [-0.15, -0.1) is 0 Å². The molecule has 4 heteroatoms. The second-order valence-electron chi connectivity index (χ2n) is 5.59. The zero-order valence-electron chi connectivity index (χ0n) is 13.5. The highest BCUT2D eigenvalue weighted by molar-refractivity contribution is 6.08. The Kier molecular flexibility index (Phi) is 4.04. The fourth-order valence-electron chi connectivity index (χ4n) is 2.51. The van der Waals surface area contributed by atoms with Crippen molar-refractivity contribution in [1.82, 2.24) is 0 Å². The molecule has 24 heavy (non-hydrogen) atoms. The summed E-state index contributed by atoms with van der Waals surface area (Å²) in [6.45, 7) is 6.55. The molecular weight excluding hydrogens is 304 g/mol. The first-order valence-electron chi connectivity index (χ1n) is 7.47. The summed E-state index contributed by atoms with van der Waals surface area (Å²) in [6.07, 6.45) is 0. The molecule has 0 heterocycles. The van der Waals surface area contributed by atoms with Gasteiger partial charge < -0.3 is 9.47 Å². The van der Waals surface area contributed by atoms with E-state index in [9.17, 15) is 9.59 Å². The number of ether oxygens (including phenoxy) is 2. The number of carbonyl (C=O) groups is 2. The topological polar surface area (TPSA) is 52.6 Å². The van der Waals surface area contributed by atoms with Crippen LogP contribution < -0.4 is 9.47 Å². The number of esters is 2. The fourth-order valence-corrected chi connectivity index (χ4v) is 2.51. The van der Waals surface area contributed by atoms with Crippen molar-refractivity contribution in [3.05, 3.63) is 60.7 Å². The van der Waals surface area contributed by atoms with Gasteiger partial charge in [-0.3, -0.25) is 4.79 Å². The minimum atomic E-state index is -0.443. The Bertz CT molecular complexity index is 986. The number of hydrogen-bond acceptors (Lipinski definition) is 4. The number of carbonyl (C=O) groups excluding carboxylic acids is 2. The molecule has 3 rings (SSSR count). The average Bonchev–Trinajstić information content (AvgIpc) is 2.53. The van der Waals surface area contributed by atoms with E-state index in [0.717, 1.165) is 21.5 Å². The first-order chi connectivity index (χ1) is 11.4. The van der Waals surface area contributed by atoms with E-state index in [4.69, 9.17) is 9.47 Å².